The zero-order chi connectivity index (χ0) is 10.6. The first kappa shape index (κ1) is 10.7. The van der Waals surface area contributed by atoms with E-state index >= 15 is 0 Å². The van der Waals surface area contributed by atoms with Gasteiger partial charge in [-0.2, -0.15) is 9.78 Å². The van der Waals surface area contributed by atoms with Crippen molar-refractivity contribution in [2.45, 2.75) is 19.8 Å². The molecule has 1 heterocycles. The van der Waals surface area contributed by atoms with Crippen LogP contribution in [0.2, 0.25) is 0 Å². The van der Waals surface area contributed by atoms with Gasteiger partial charge in [0.1, 0.15) is 0 Å². The molecule has 6 heteroatoms. The lowest BCUT2D eigenvalue weighted by atomic mass is 10.5. The SMILES string of the molecule is CCOC(=O)/C=C/C(=O)OC1(C)OO1. The second-order valence-corrected chi connectivity index (χ2v) is 2.54. The molecule has 6 nitrogen and oxygen atoms in total. The number of carbonyl (C=O) groups excluding carboxylic acids is 2. The monoisotopic (exact) mass is 202 g/mol. The van der Waals surface area contributed by atoms with Crippen molar-refractivity contribution in [1.29, 1.82) is 0 Å². The fourth-order valence-electron chi connectivity index (χ4n) is 0.636. The summed E-state index contributed by atoms with van der Waals surface area (Å²) in [6.07, 6.45) is 1.91. The van der Waals surface area contributed by atoms with E-state index in [1.165, 1.54) is 6.92 Å². The van der Waals surface area contributed by atoms with Gasteiger partial charge in [-0.05, 0) is 6.92 Å². The van der Waals surface area contributed by atoms with Crippen molar-refractivity contribution in [2.75, 3.05) is 6.61 Å². The number of esters is 2. The van der Waals surface area contributed by atoms with E-state index in [2.05, 4.69) is 19.2 Å². The number of rotatable bonds is 4. The summed E-state index contributed by atoms with van der Waals surface area (Å²) in [6, 6.07) is 0. The van der Waals surface area contributed by atoms with E-state index in [0.29, 0.717) is 0 Å². The van der Waals surface area contributed by atoms with Crippen molar-refractivity contribution in [3.05, 3.63) is 12.2 Å². The highest BCUT2D eigenvalue weighted by molar-refractivity contribution is 5.91. The van der Waals surface area contributed by atoms with Crippen molar-refractivity contribution in [1.82, 2.24) is 0 Å². The number of hydrogen-bond acceptors (Lipinski definition) is 6. The van der Waals surface area contributed by atoms with E-state index in [1.807, 2.05) is 0 Å². The second-order valence-electron chi connectivity index (χ2n) is 2.54. The predicted octanol–water partition coefficient (Wildman–Crippen LogP) is 0.284. The molecular weight excluding hydrogens is 192 g/mol. The molecule has 0 N–H and O–H groups in total. The minimum absolute atomic E-state index is 0.252. The average molecular weight is 202 g/mol. The largest absolute Gasteiger partial charge is 0.463 e. The molecule has 0 aromatic heterocycles. The molecule has 1 aliphatic rings. The van der Waals surface area contributed by atoms with Crippen LogP contribution in [0.4, 0.5) is 0 Å². The zero-order valence-electron chi connectivity index (χ0n) is 7.81. The molecule has 1 saturated heterocycles. The van der Waals surface area contributed by atoms with E-state index in [1.54, 1.807) is 6.92 Å². The summed E-state index contributed by atoms with van der Waals surface area (Å²) in [4.78, 5) is 30.3. The van der Waals surface area contributed by atoms with Crippen LogP contribution in [-0.4, -0.2) is 24.5 Å². The predicted molar refractivity (Wildman–Crippen MR) is 42.4 cm³/mol. The highest BCUT2D eigenvalue weighted by Gasteiger charge is 2.48. The summed E-state index contributed by atoms with van der Waals surface area (Å²) in [5, 5.41) is 0. The summed E-state index contributed by atoms with van der Waals surface area (Å²) in [5.41, 5.74) is 0. The fraction of sp³-hybridized carbons (Fsp3) is 0.500. The van der Waals surface area contributed by atoms with Gasteiger partial charge >= 0.3 is 17.9 Å². The lowest BCUT2D eigenvalue weighted by Crippen LogP contribution is -2.15. The molecule has 0 aromatic rings. The molecule has 0 aromatic carbocycles. The summed E-state index contributed by atoms with van der Waals surface area (Å²) in [7, 11) is 0. The Morgan fingerprint density at radius 1 is 1.29 bits per heavy atom. The van der Waals surface area contributed by atoms with Crippen LogP contribution in [0.1, 0.15) is 13.8 Å². The zero-order valence-corrected chi connectivity index (χ0v) is 7.81. The number of carbonyl (C=O) groups is 2. The minimum Gasteiger partial charge on any atom is -0.463 e. The summed E-state index contributed by atoms with van der Waals surface area (Å²) in [6.45, 7) is 3.34. The fourth-order valence-corrected chi connectivity index (χ4v) is 0.636. The number of ether oxygens (including phenoxy) is 2. The molecule has 0 radical (unpaired) electrons. The Morgan fingerprint density at radius 3 is 2.36 bits per heavy atom. The molecule has 0 amide bonds. The Morgan fingerprint density at radius 2 is 1.86 bits per heavy atom. The van der Waals surface area contributed by atoms with E-state index in [0.717, 1.165) is 12.2 Å². The van der Waals surface area contributed by atoms with Crippen molar-refractivity contribution in [2.24, 2.45) is 0 Å². The van der Waals surface area contributed by atoms with E-state index in [4.69, 9.17) is 0 Å². The lowest BCUT2D eigenvalue weighted by Gasteiger charge is -1.99. The van der Waals surface area contributed by atoms with Crippen molar-refractivity contribution < 1.29 is 28.8 Å². The van der Waals surface area contributed by atoms with Crippen LogP contribution in [0.25, 0.3) is 0 Å². The topological polar surface area (TPSA) is 77.7 Å². The molecular formula is C8H10O6. The smallest absolute Gasteiger partial charge is 0.380 e. The third kappa shape index (κ3) is 3.55. The maximum atomic E-state index is 10.9. The van der Waals surface area contributed by atoms with Crippen LogP contribution in [0, 0.1) is 0 Å². The Balaban J connectivity index is 2.28. The average Bonchev–Trinajstić information content (AvgIpc) is 2.80. The molecule has 0 saturated carbocycles. The summed E-state index contributed by atoms with van der Waals surface area (Å²) < 4.78 is 9.14. The van der Waals surface area contributed by atoms with E-state index < -0.39 is 17.9 Å². The Labute approximate surface area is 80.3 Å². The van der Waals surface area contributed by atoms with Gasteiger partial charge in [0, 0.05) is 19.1 Å². The van der Waals surface area contributed by atoms with Crippen molar-refractivity contribution in [3.8, 4) is 0 Å². The van der Waals surface area contributed by atoms with Crippen LogP contribution >= 0.6 is 0 Å². The normalized spacial score (nSPS) is 17.9. The summed E-state index contributed by atoms with van der Waals surface area (Å²) in [5.74, 6) is -2.64. The van der Waals surface area contributed by atoms with Gasteiger partial charge in [0.05, 0.1) is 6.61 Å². The van der Waals surface area contributed by atoms with Gasteiger partial charge in [0.25, 0.3) is 0 Å². The third-order valence-electron chi connectivity index (χ3n) is 1.25. The standard InChI is InChI=1S/C8H10O6/c1-3-11-6(9)4-5-7(10)12-8(2)13-14-8/h4-5H,3H2,1-2H3/b5-4+. The maximum absolute atomic E-state index is 10.9. The molecule has 0 unspecified atom stereocenters. The Hall–Kier alpha value is -1.40. The third-order valence-corrected chi connectivity index (χ3v) is 1.25. The first-order chi connectivity index (χ1) is 6.56. The lowest BCUT2D eigenvalue weighted by molar-refractivity contribution is -0.153. The van der Waals surface area contributed by atoms with Crippen LogP contribution in [-0.2, 0) is 28.8 Å². The van der Waals surface area contributed by atoms with Crippen molar-refractivity contribution >= 4 is 11.9 Å². The molecule has 14 heavy (non-hydrogen) atoms. The van der Waals surface area contributed by atoms with Crippen LogP contribution in [0.5, 0.6) is 0 Å². The first-order valence-electron chi connectivity index (χ1n) is 4.00. The van der Waals surface area contributed by atoms with Gasteiger partial charge in [-0.25, -0.2) is 9.59 Å². The molecule has 0 aliphatic carbocycles. The van der Waals surface area contributed by atoms with Crippen LogP contribution < -0.4 is 0 Å². The van der Waals surface area contributed by atoms with E-state index in [-0.39, 0.29) is 6.61 Å². The molecule has 0 atom stereocenters. The molecule has 0 spiro atoms. The molecule has 1 aliphatic heterocycles. The van der Waals surface area contributed by atoms with Gasteiger partial charge < -0.3 is 9.47 Å². The molecule has 1 fully saturated rings. The van der Waals surface area contributed by atoms with Gasteiger partial charge in [0.2, 0.25) is 0 Å². The quantitative estimate of drug-likeness (QED) is 0.282. The summed E-state index contributed by atoms with van der Waals surface area (Å²) >= 11 is 0. The highest BCUT2D eigenvalue weighted by Crippen LogP contribution is 2.29. The number of hydrogen-bond donors (Lipinski definition) is 0. The Bertz CT molecular complexity index is 265. The van der Waals surface area contributed by atoms with Gasteiger partial charge in [-0.3, -0.25) is 0 Å². The van der Waals surface area contributed by atoms with Gasteiger partial charge in [-0.1, -0.05) is 0 Å². The second kappa shape index (κ2) is 4.21. The highest BCUT2D eigenvalue weighted by atomic mass is 17.4. The maximum Gasteiger partial charge on any atom is 0.380 e. The van der Waals surface area contributed by atoms with Gasteiger partial charge in [-0.15, -0.1) is 0 Å². The van der Waals surface area contributed by atoms with Crippen molar-refractivity contribution in [3.63, 3.8) is 0 Å². The molecule has 78 valence electrons. The molecule has 0 bridgehead atoms. The van der Waals surface area contributed by atoms with Crippen LogP contribution in [0.15, 0.2) is 12.2 Å². The van der Waals surface area contributed by atoms with Crippen LogP contribution in [0.3, 0.4) is 0 Å². The first-order valence-corrected chi connectivity index (χ1v) is 4.00. The van der Waals surface area contributed by atoms with Gasteiger partial charge in [0.15, 0.2) is 0 Å². The Kier molecular flexibility index (Phi) is 3.21. The molecule has 1 rings (SSSR count). The van der Waals surface area contributed by atoms with E-state index in [9.17, 15) is 9.59 Å². The minimum atomic E-state index is -1.30.